The van der Waals surface area contributed by atoms with Crippen LogP contribution < -0.4 is 4.73 Å². The normalized spacial score (nSPS) is 21.1. The van der Waals surface area contributed by atoms with E-state index in [1.54, 1.807) is 13.0 Å². The Balaban J connectivity index is 2.21. The molecule has 5 heteroatoms. The molecule has 1 N–H and O–H groups in total. The summed E-state index contributed by atoms with van der Waals surface area (Å²) in [6.45, 7) is 4.66. The minimum absolute atomic E-state index is 0.139. The number of aliphatic hydroxyl groups is 1. The van der Waals surface area contributed by atoms with E-state index in [9.17, 15) is 10.3 Å². The van der Waals surface area contributed by atoms with E-state index in [0.717, 1.165) is 23.4 Å². The van der Waals surface area contributed by atoms with Gasteiger partial charge in [0.2, 0.25) is 0 Å². The van der Waals surface area contributed by atoms with Gasteiger partial charge in [0.25, 0.3) is 0 Å². The third kappa shape index (κ3) is 2.94. The third-order valence-corrected chi connectivity index (χ3v) is 3.04. The highest BCUT2D eigenvalue weighted by Crippen LogP contribution is 2.24. The highest BCUT2D eigenvalue weighted by Gasteiger charge is 2.27. The van der Waals surface area contributed by atoms with Crippen LogP contribution in [-0.2, 0) is 4.74 Å². The van der Waals surface area contributed by atoms with Crippen molar-refractivity contribution in [3.05, 3.63) is 35.3 Å². The highest BCUT2D eigenvalue weighted by atomic mass is 16.5. The van der Waals surface area contributed by atoms with E-state index in [1.165, 1.54) is 12.4 Å². The molecule has 0 bridgehead atoms. The smallest absolute Gasteiger partial charge is 0.185 e. The summed E-state index contributed by atoms with van der Waals surface area (Å²) in [5.74, 6) is 0. The lowest BCUT2D eigenvalue weighted by molar-refractivity contribution is -0.606. The van der Waals surface area contributed by atoms with Crippen molar-refractivity contribution in [2.24, 2.45) is 0 Å². The van der Waals surface area contributed by atoms with Crippen LogP contribution in [-0.4, -0.2) is 42.4 Å². The molecule has 0 aliphatic carbocycles. The first-order valence-corrected chi connectivity index (χ1v) is 5.87. The summed E-state index contributed by atoms with van der Waals surface area (Å²) in [7, 11) is 0. The van der Waals surface area contributed by atoms with Gasteiger partial charge in [0, 0.05) is 24.7 Å². The number of aliphatic hydroxyl groups excluding tert-OH is 1. The van der Waals surface area contributed by atoms with Crippen LogP contribution in [0.2, 0.25) is 0 Å². The molecule has 1 aliphatic rings. The summed E-state index contributed by atoms with van der Waals surface area (Å²) in [6, 6.07) is 3.44. The summed E-state index contributed by atoms with van der Waals surface area (Å²) in [5, 5.41) is 21.2. The number of ether oxygens (including phenoxy) is 1. The molecule has 1 aliphatic heterocycles. The summed E-state index contributed by atoms with van der Waals surface area (Å²) >= 11 is 0. The molecule has 0 unspecified atom stereocenters. The van der Waals surface area contributed by atoms with Crippen LogP contribution in [0.4, 0.5) is 0 Å². The van der Waals surface area contributed by atoms with Crippen molar-refractivity contribution in [2.45, 2.75) is 19.1 Å². The number of hydrogen-bond acceptors (Lipinski definition) is 4. The summed E-state index contributed by atoms with van der Waals surface area (Å²) in [4.78, 5) is 2.16. The molecule has 1 aromatic heterocycles. The molecule has 2 atom stereocenters. The lowest BCUT2D eigenvalue weighted by atomic mass is 10.0. The zero-order valence-corrected chi connectivity index (χ0v) is 9.95. The van der Waals surface area contributed by atoms with Crippen molar-refractivity contribution in [2.75, 3.05) is 26.3 Å². The molecule has 1 saturated heterocycles. The monoisotopic (exact) mass is 238 g/mol. The molecule has 0 radical (unpaired) electrons. The minimum atomic E-state index is -0.518. The van der Waals surface area contributed by atoms with Gasteiger partial charge in [-0.15, -0.1) is 0 Å². The third-order valence-electron chi connectivity index (χ3n) is 3.04. The zero-order valence-electron chi connectivity index (χ0n) is 9.95. The summed E-state index contributed by atoms with van der Waals surface area (Å²) in [6.07, 6.45) is 2.45. The zero-order chi connectivity index (χ0) is 12.3. The van der Waals surface area contributed by atoms with Crippen LogP contribution in [0.3, 0.4) is 0 Å². The Hall–Kier alpha value is -1.17. The van der Waals surface area contributed by atoms with Crippen LogP contribution in [0, 0.1) is 5.21 Å². The van der Waals surface area contributed by atoms with Crippen molar-refractivity contribution < 1.29 is 14.6 Å². The van der Waals surface area contributed by atoms with Gasteiger partial charge in [-0.25, -0.2) is 0 Å². The van der Waals surface area contributed by atoms with Gasteiger partial charge in [-0.2, -0.15) is 4.73 Å². The van der Waals surface area contributed by atoms with E-state index in [1.807, 2.05) is 6.07 Å². The predicted molar refractivity (Wildman–Crippen MR) is 62.2 cm³/mol. The number of aromatic nitrogens is 1. The maximum Gasteiger partial charge on any atom is 0.185 e. The molecule has 0 amide bonds. The Morgan fingerprint density at radius 3 is 2.76 bits per heavy atom. The van der Waals surface area contributed by atoms with Crippen molar-refractivity contribution in [3.63, 3.8) is 0 Å². The largest absolute Gasteiger partial charge is 0.619 e. The molecule has 94 valence electrons. The first-order chi connectivity index (χ1) is 8.18. The minimum Gasteiger partial charge on any atom is -0.619 e. The van der Waals surface area contributed by atoms with Gasteiger partial charge in [0.1, 0.15) is 0 Å². The number of nitrogens with zero attached hydrogens (tertiary/aromatic N) is 2. The number of morpholine rings is 1. The summed E-state index contributed by atoms with van der Waals surface area (Å²) < 4.78 is 6.07. The number of pyridine rings is 1. The first kappa shape index (κ1) is 12.3. The second-order valence-electron chi connectivity index (χ2n) is 4.33. The Morgan fingerprint density at radius 2 is 2.18 bits per heavy atom. The molecule has 17 heavy (non-hydrogen) atoms. The SMILES string of the molecule is C[C@@H](O)[C@H](c1ccc[n+]([O-])c1)N1CCOCC1. The Morgan fingerprint density at radius 1 is 1.47 bits per heavy atom. The number of hydrogen-bond donors (Lipinski definition) is 1. The second kappa shape index (κ2) is 5.44. The van der Waals surface area contributed by atoms with E-state index in [-0.39, 0.29) is 6.04 Å². The van der Waals surface area contributed by atoms with Gasteiger partial charge < -0.3 is 15.1 Å². The lowest BCUT2D eigenvalue weighted by Gasteiger charge is -2.35. The Labute approximate surface area is 101 Å². The molecule has 5 nitrogen and oxygen atoms in total. The van der Waals surface area contributed by atoms with E-state index < -0.39 is 6.10 Å². The van der Waals surface area contributed by atoms with Crippen LogP contribution in [0.1, 0.15) is 18.5 Å². The molecule has 2 rings (SSSR count). The van der Waals surface area contributed by atoms with Gasteiger partial charge in [-0.05, 0) is 13.0 Å². The van der Waals surface area contributed by atoms with Crippen LogP contribution in [0.5, 0.6) is 0 Å². The standard InChI is InChI=1S/C12H18N2O3/c1-10(15)12(13-5-7-17-8-6-13)11-3-2-4-14(16)9-11/h2-4,9-10,12,15H,5-8H2,1H3/t10-,12-/m1/s1. The van der Waals surface area contributed by atoms with Gasteiger partial charge in [0.15, 0.2) is 12.4 Å². The molecule has 0 aromatic carbocycles. The Kier molecular flexibility index (Phi) is 3.93. The van der Waals surface area contributed by atoms with Gasteiger partial charge in [-0.3, -0.25) is 4.90 Å². The topological polar surface area (TPSA) is 59.6 Å². The van der Waals surface area contributed by atoms with Gasteiger partial charge >= 0.3 is 0 Å². The first-order valence-electron chi connectivity index (χ1n) is 5.87. The van der Waals surface area contributed by atoms with Crippen LogP contribution in [0.15, 0.2) is 24.5 Å². The molecule has 2 heterocycles. The fraction of sp³-hybridized carbons (Fsp3) is 0.583. The predicted octanol–water partition coefficient (Wildman–Crippen LogP) is 0.0741. The van der Waals surface area contributed by atoms with Crippen molar-refractivity contribution in [1.82, 2.24) is 4.90 Å². The fourth-order valence-electron chi connectivity index (χ4n) is 2.30. The van der Waals surface area contributed by atoms with Crippen LogP contribution >= 0.6 is 0 Å². The van der Waals surface area contributed by atoms with E-state index in [2.05, 4.69) is 4.90 Å². The maximum absolute atomic E-state index is 11.3. The lowest BCUT2D eigenvalue weighted by Crippen LogP contribution is -2.43. The van der Waals surface area contributed by atoms with Gasteiger partial charge in [-0.1, -0.05) is 0 Å². The van der Waals surface area contributed by atoms with Crippen LogP contribution in [0.25, 0.3) is 0 Å². The van der Waals surface area contributed by atoms with E-state index in [0.29, 0.717) is 13.2 Å². The molecular formula is C12H18N2O3. The quantitative estimate of drug-likeness (QED) is 0.598. The van der Waals surface area contributed by atoms with Crippen molar-refractivity contribution >= 4 is 0 Å². The van der Waals surface area contributed by atoms with E-state index >= 15 is 0 Å². The molecule has 1 aromatic rings. The molecule has 0 spiro atoms. The summed E-state index contributed by atoms with van der Waals surface area (Å²) in [5.41, 5.74) is 0.847. The molecule has 0 saturated carbocycles. The molecular weight excluding hydrogens is 220 g/mol. The average molecular weight is 238 g/mol. The van der Waals surface area contributed by atoms with Gasteiger partial charge in [0.05, 0.1) is 25.4 Å². The molecule has 1 fully saturated rings. The second-order valence-corrected chi connectivity index (χ2v) is 4.33. The fourth-order valence-corrected chi connectivity index (χ4v) is 2.30. The average Bonchev–Trinajstić information content (AvgIpc) is 2.30. The maximum atomic E-state index is 11.3. The van der Waals surface area contributed by atoms with E-state index in [4.69, 9.17) is 4.74 Å². The van der Waals surface area contributed by atoms with Crippen molar-refractivity contribution in [3.8, 4) is 0 Å². The Bertz CT molecular complexity index is 365. The van der Waals surface area contributed by atoms with Crippen molar-refractivity contribution in [1.29, 1.82) is 0 Å². The highest BCUT2D eigenvalue weighted by molar-refractivity contribution is 5.13. The number of rotatable bonds is 3.